The fourth-order valence-electron chi connectivity index (χ4n) is 2.90. The maximum atomic E-state index is 12.9. The molecule has 7 nitrogen and oxygen atoms in total. The van der Waals surface area contributed by atoms with Crippen LogP contribution in [0.2, 0.25) is 10.0 Å². The van der Waals surface area contributed by atoms with Gasteiger partial charge in [0.25, 0.3) is 0 Å². The van der Waals surface area contributed by atoms with E-state index in [1.807, 2.05) is 44.2 Å². The predicted molar refractivity (Wildman–Crippen MR) is 138 cm³/mol. The van der Waals surface area contributed by atoms with Gasteiger partial charge in [-0.15, -0.1) is 10.2 Å². The third-order valence-electron chi connectivity index (χ3n) is 5.02. The molecule has 2 unspecified atom stereocenters. The molecule has 0 aliphatic carbocycles. The molecule has 0 spiro atoms. The number of carbonyl (C=O) groups excluding carboxylic acids is 2. The van der Waals surface area contributed by atoms with Crippen molar-refractivity contribution in [3.8, 4) is 0 Å². The maximum Gasteiger partial charge on any atom is 0.408 e. The van der Waals surface area contributed by atoms with E-state index in [-0.39, 0.29) is 18.4 Å². The van der Waals surface area contributed by atoms with Gasteiger partial charge in [-0.25, -0.2) is 4.79 Å². The van der Waals surface area contributed by atoms with Crippen LogP contribution in [0, 0.1) is 5.92 Å². The number of alkyl carbamates (subject to hydrolysis) is 1. The molecular formula is C23H24Cl2N4O3S2. The lowest BCUT2D eigenvalue weighted by Crippen LogP contribution is -2.47. The van der Waals surface area contributed by atoms with Crippen LogP contribution in [0.3, 0.4) is 0 Å². The summed E-state index contributed by atoms with van der Waals surface area (Å²) < 4.78 is 5.92. The van der Waals surface area contributed by atoms with Gasteiger partial charge in [-0.1, -0.05) is 103 Å². The number of halogens is 2. The molecule has 0 bridgehead atoms. The minimum atomic E-state index is -0.782. The molecule has 0 saturated carbocycles. The average molecular weight is 540 g/mol. The van der Waals surface area contributed by atoms with Gasteiger partial charge >= 0.3 is 6.09 Å². The molecule has 2 aromatic carbocycles. The molecule has 2 N–H and O–H groups in total. The van der Waals surface area contributed by atoms with E-state index in [2.05, 4.69) is 20.8 Å². The largest absolute Gasteiger partial charge is 0.445 e. The van der Waals surface area contributed by atoms with Crippen molar-refractivity contribution in [3.05, 3.63) is 69.7 Å². The Bertz CT molecular complexity index is 1090. The van der Waals surface area contributed by atoms with Gasteiger partial charge in [0.15, 0.2) is 4.34 Å². The van der Waals surface area contributed by atoms with E-state index in [4.69, 9.17) is 27.9 Å². The maximum absolute atomic E-state index is 12.9. The zero-order valence-electron chi connectivity index (χ0n) is 18.6. The molecule has 1 heterocycles. The molecule has 0 radical (unpaired) electrons. The summed E-state index contributed by atoms with van der Waals surface area (Å²) in [4.78, 5) is 25.2. The molecule has 0 aliphatic rings. The van der Waals surface area contributed by atoms with Crippen LogP contribution in [-0.4, -0.2) is 28.2 Å². The molecule has 0 aliphatic heterocycles. The Labute approximate surface area is 216 Å². The number of thioether (sulfide) groups is 1. The molecule has 1 aromatic heterocycles. The van der Waals surface area contributed by atoms with Crippen molar-refractivity contribution in [2.75, 3.05) is 5.32 Å². The van der Waals surface area contributed by atoms with Crippen molar-refractivity contribution in [1.82, 2.24) is 15.5 Å². The first-order valence-corrected chi connectivity index (χ1v) is 13.1. The van der Waals surface area contributed by atoms with E-state index in [1.165, 1.54) is 23.1 Å². The summed E-state index contributed by atoms with van der Waals surface area (Å²) in [6.45, 7) is 3.95. The Balaban J connectivity index is 1.56. The Hall–Kier alpha value is -2.33. The molecule has 3 aromatic rings. The fourth-order valence-corrected chi connectivity index (χ4v) is 5.40. The summed E-state index contributed by atoms with van der Waals surface area (Å²) in [6.07, 6.45) is 0.0294. The average Bonchev–Trinajstić information content (AvgIpc) is 3.28. The van der Waals surface area contributed by atoms with Crippen LogP contribution < -0.4 is 10.6 Å². The second kappa shape index (κ2) is 12.9. The second-order valence-corrected chi connectivity index (χ2v) is 10.4. The van der Waals surface area contributed by atoms with Crippen molar-refractivity contribution in [2.45, 2.75) is 43.0 Å². The zero-order valence-corrected chi connectivity index (χ0v) is 21.7. The minimum Gasteiger partial charge on any atom is -0.445 e. The van der Waals surface area contributed by atoms with Crippen molar-refractivity contribution in [2.24, 2.45) is 5.92 Å². The highest BCUT2D eigenvalue weighted by atomic mass is 35.5. The topological polar surface area (TPSA) is 93.2 Å². The van der Waals surface area contributed by atoms with Gasteiger partial charge in [-0.3, -0.25) is 10.1 Å². The SMILES string of the molecule is CCC(C)C(NC(=O)OCc1ccccc1)C(=O)Nc1nnc(SCc2c(Cl)cccc2Cl)s1. The third kappa shape index (κ3) is 7.59. The molecule has 0 fully saturated rings. The van der Waals surface area contributed by atoms with Gasteiger partial charge < -0.3 is 10.1 Å². The number of amides is 2. The van der Waals surface area contributed by atoms with E-state index >= 15 is 0 Å². The van der Waals surface area contributed by atoms with Gasteiger partial charge in [-0.2, -0.15) is 0 Å². The number of nitrogens with zero attached hydrogens (tertiary/aromatic N) is 2. The molecule has 34 heavy (non-hydrogen) atoms. The van der Waals surface area contributed by atoms with Crippen LogP contribution in [0.5, 0.6) is 0 Å². The quantitative estimate of drug-likeness (QED) is 0.228. The number of anilines is 1. The van der Waals surface area contributed by atoms with Gasteiger partial charge in [-0.05, 0) is 29.2 Å². The van der Waals surface area contributed by atoms with Crippen molar-refractivity contribution >= 4 is 63.4 Å². The van der Waals surface area contributed by atoms with Gasteiger partial charge in [0.1, 0.15) is 12.6 Å². The fraction of sp³-hybridized carbons (Fsp3) is 0.304. The first kappa shape index (κ1) is 26.3. The molecule has 0 saturated heterocycles. The molecule has 3 rings (SSSR count). The minimum absolute atomic E-state index is 0.117. The normalized spacial score (nSPS) is 12.6. The second-order valence-electron chi connectivity index (χ2n) is 7.42. The van der Waals surface area contributed by atoms with Gasteiger partial charge in [0.05, 0.1) is 0 Å². The summed E-state index contributed by atoms with van der Waals surface area (Å²) in [5, 5.41) is 15.1. The van der Waals surface area contributed by atoms with Gasteiger partial charge in [0.2, 0.25) is 11.0 Å². The number of ether oxygens (including phenoxy) is 1. The Morgan fingerprint density at radius 3 is 2.47 bits per heavy atom. The summed E-state index contributed by atoms with van der Waals surface area (Å²) in [5.41, 5.74) is 1.67. The van der Waals surface area contributed by atoms with E-state index in [0.29, 0.717) is 31.7 Å². The van der Waals surface area contributed by atoms with Crippen molar-refractivity contribution in [1.29, 1.82) is 0 Å². The first-order valence-electron chi connectivity index (χ1n) is 10.5. The van der Waals surface area contributed by atoms with E-state index < -0.39 is 12.1 Å². The first-order chi connectivity index (χ1) is 16.4. The summed E-state index contributed by atoms with van der Waals surface area (Å²) >= 11 is 15.1. The van der Waals surface area contributed by atoms with Gasteiger partial charge in [0, 0.05) is 15.8 Å². The summed E-state index contributed by atoms with van der Waals surface area (Å²) in [6, 6.07) is 13.9. The van der Waals surface area contributed by atoms with Crippen LogP contribution in [-0.2, 0) is 21.9 Å². The van der Waals surface area contributed by atoms with Crippen LogP contribution in [0.1, 0.15) is 31.4 Å². The van der Waals surface area contributed by atoms with Crippen LogP contribution in [0.25, 0.3) is 0 Å². The third-order valence-corrected chi connectivity index (χ3v) is 7.73. The van der Waals surface area contributed by atoms with Crippen LogP contribution in [0.4, 0.5) is 9.93 Å². The Morgan fingerprint density at radius 1 is 1.09 bits per heavy atom. The number of rotatable bonds is 10. The number of hydrogen-bond acceptors (Lipinski definition) is 7. The highest BCUT2D eigenvalue weighted by Crippen LogP contribution is 2.33. The van der Waals surface area contributed by atoms with Crippen LogP contribution >= 0.6 is 46.3 Å². The standard InChI is InChI=1S/C23H24Cl2N4O3S2/c1-3-14(2)19(26-22(31)32-12-15-8-5-4-6-9-15)20(30)27-21-28-29-23(34-21)33-13-16-17(24)10-7-11-18(16)25/h4-11,14,19H,3,12-13H2,1-2H3,(H,26,31)(H,27,28,30). The number of nitrogens with one attached hydrogen (secondary N) is 2. The number of hydrogen-bond donors (Lipinski definition) is 2. The van der Waals surface area contributed by atoms with Crippen LogP contribution in [0.15, 0.2) is 52.9 Å². The molecule has 2 atom stereocenters. The molecule has 11 heteroatoms. The molecule has 180 valence electrons. The summed E-state index contributed by atoms with van der Waals surface area (Å²) in [5.74, 6) is 0.0204. The lowest BCUT2D eigenvalue weighted by molar-refractivity contribution is -0.119. The lowest BCUT2D eigenvalue weighted by Gasteiger charge is -2.22. The Morgan fingerprint density at radius 2 is 1.79 bits per heavy atom. The highest BCUT2D eigenvalue weighted by molar-refractivity contribution is 8.00. The lowest BCUT2D eigenvalue weighted by atomic mass is 9.98. The highest BCUT2D eigenvalue weighted by Gasteiger charge is 2.27. The molecule has 2 amide bonds. The van der Waals surface area contributed by atoms with E-state index in [0.717, 1.165) is 11.1 Å². The Kier molecular flexibility index (Phi) is 10.0. The van der Waals surface area contributed by atoms with E-state index in [1.54, 1.807) is 18.2 Å². The van der Waals surface area contributed by atoms with E-state index in [9.17, 15) is 9.59 Å². The van der Waals surface area contributed by atoms with Crippen molar-refractivity contribution in [3.63, 3.8) is 0 Å². The van der Waals surface area contributed by atoms with Crippen molar-refractivity contribution < 1.29 is 14.3 Å². The predicted octanol–water partition coefficient (Wildman–Crippen LogP) is 6.42. The number of aromatic nitrogens is 2. The zero-order chi connectivity index (χ0) is 24.5. The molecular weight excluding hydrogens is 515 g/mol. The smallest absolute Gasteiger partial charge is 0.408 e. The summed E-state index contributed by atoms with van der Waals surface area (Å²) in [7, 11) is 0. The number of benzene rings is 2. The monoisotopic (exact) mass is 538 g/mol. The number of carbonyl (C=O) groups is 2.